The highest BCUT2D eigenvalue weighted by molar-refractivity contribution is 14.1. The molecule has 1 rings (SSSR count). The molecule has 1 aromatic carbocycles. The zero-order valence-corrected chi connectivity index (χ0v) is 14.6. The fraction of sp³-hybridized carbons (Fsp3) is 0.462. The van der Waals surface area contributed by atoms with Gasteiger partial charge in [0, 0.05) is 13.7 Å². The van der Waals surface area contributed by atoms with Gasteiger partial charge in [0.2, 0.25) is 0 Å². The predicted molar refractivity (Wildman–Crippen MR) is 85.8 cm³/mol. The van der Waals surface area contributed by atoms with Crippen LogP contribution in [-0.2, 0) is 9.53 Å². The van der Waals surface area contributed by atoms with Gasteiger partial charge in [-0.15, -0.1) is 0 Å². The van der Waals surface area contributed by atoms with Crippen LogP contribution in [0.1, 0.15) is 27.7 Å². The van der Waals surface area contributed by atoms with E-state index in [1.807, 2.05) is 39.0 Å². The Labute approximate surface area is 130 Å². The molecule has 1 N–H and O–H groups in total. The molecule has 1 aromatic rings. The summed E-state index contributed by atoms with van der Waals surface area (Å²) < 4.78 is 7.36. The Bertz CT molecular complexity index is 443. The van der Waals surface area contributed by atoms with Crippen molar-refractivity contribution in [2.24, 2.45) is 0 Å². The fourth-order valence-corrected chi connectivity index (χ4v) is 2.14. The third-order valence-corrected chi connectivity index (χ3v) is 3.49. The molecule has 0 aliphatic rings. The van der Waals surface area contributed by atoms with Gasteiger partial charge in [0.25, 0.3) is 0 Å². The second kappa shape index (κ2) is 6.23. The Morgan fingerprint density at radius 1 is 1.44 bits per heavy atom. The van der Waals surface area contributed by atoms with E-state index in [9.17, 15) is 4.79 Å². The summed E-state index contributed by atoms with van der Waals surface area (Å²) in [6, 6.07) is 5.51. The molecule has 100 valence electrons. The number of nitrogens with one attached hydrogen (secondary N) is 1. The van der Waals surface area contributed by atoms with Crippen molar-refractivity contribution < 1.29 is 9.53 Å². The van der Waals surface area contributed by atoms with Crippen molar-refractivity contribution in [3.8, 4) is 0 Å². The van der Waals surface area contributed by atoms with Crippen LogP contribution in [0.25, 0.3) is 0 Å². The number of hydrogen-bond donors (Lipinski definition) is 1. The molecule has 5 heteroatoms. The van der Waals surface area contributed by atoms with E-state index in [1.54, 1.807) is 6.92 Å². The Balaban J connectivity index is 2.72. The first kappa shape index (κ1) is 15.8. The molecule has 1 atom stereocenters. The predicted octanol–water partition coefficient (Wildman–Crippen LogP) is 4.20. The smallest absolute Gasteiger partial charge is 0.328 e. The molecule has 0 saturated carbocycles. The molecule has 3 nitrogen and oxygen atoms in total. The summed E-state index contributed by atoms with van der Waals surface area (Å²) in [6.45, 7) is 7.38. The third-order valence-electron chi connectivity index (χ3n) is 2.06. The molecule has 0 aromatic heterocycles. The molecule has 0 saturated heterocycles. The summed E-state index contributed by atoms with van der Waals surface area (Å²) in [5.74, 6) is -0.252. The number of anilines is 1. The van der Waals surface area contributed by atoms with E-state index in [2.05, 4.69) is 43.8 Å². The molecule has 18 heavy (non-hydrogen) atoms. The first-order chi connectivity index (χ1) is 8.19. The van der Waals surface area contributed by atoms with E-state index in [1.165, 1.54) is 0 Å². The lowest BCUT2D eigenvalue weighted by Gasteiger charge is -2.23. The number of carbonyl (C=O) groups excluding carboxylic acids is 1. The van der Waals surface area contributed by atoms with E-state index < -0.39 is 5.60 Å². The molecule has 0 aliphatic heterocycles. The Hall–Kier alpha value is -0.300. The first-order valence-electron chi connectivity index (χ1n) is 5.63. The van der Waals surface area contributed by atoms with Gasteiger partial charge < -0.3 is 10.1 Å². The van der Waals surface area contributed by atoms with E-state index >= 15 is 0 Å². The van der Waals surface area contributed by atoms with Gasteiger partial charge in [0.15, 0.2) is 0 Å². The third kappa shape index (κ3) is 5.14. The lowest BCUT2D eigenvalue weighted by atomic mass is 10.2. The molecular formula is C13H17BrINO2. The number of halogens is 2. The zero-order valence-electron chi connectivity index (χ0n) is 10.9. The Kier molecular flexibility index (Phi) is 5.46. The Morgan fingerprint density at radius 3 is 2.61 bits per heavy atom. The lowest BCUT2D eigenvalue weighted by molar-refractivity contribution is -0.155. The molecule has 0 aliphatic carbocycles. The highest BCUT2D eigenvalue weighted by atomic mass is 127. The van der Waals surface area contributed by atoms with E-state index in [0.717, 1.165) is 13.7 Å². The zero-order chi connectivity index (χ0) is 13.9. The summed E-state index contributed by atoms with van der Waals surface area (Å²) in [7, 11) is 0. The van der Waals surface area contributed by atoms with Crippen molar-refractivity contribution in [2.45, 2.75) is 39.3 Å². The van der Waals surface area contributed by atoms with Crippen molar-refractivity contribution in [1.29, 1.82) is 0 Å². The van der Waals surface area contributed by atoms with E-state index in [4.69, 9.17) is 4.74 Å². The highest BCUT2D eigenvalue weighted by Crippen LogP contribution is 2.24. The summed E-state index contributed by atoms with van der Waals surface area (Å²) >= 11 is 5.64. The van der Waals surface area contributed by atoms with Gasteiger partial charge in [-0.1, -0.05) is 15.9 Å². The van der Waals surface area contributed by atoms with Gasteiger partial charge in [0.05, 0.1) is 0 Å². The monoisotopic (exact) mass is 425 g/mol. The van der Waals surface area contributed by atoms with Crippen LogP contribution in [0.4, 0.5) is 5.69 Å². The lowest BCUT2D eigenvalue weighted by Crippen LogP contribution is -2.34. The topological polar surface area (TPSA) is 38.3 Å². The van der Waals surface area contributed by atoms with Crippen LogP contribution in [0, 0.1) is 3.57 Å². The van der Waals surface area contributed by atoms with Crippen molar-refractivity contribution in [1.82, 2.24) is 0 Å². The van der Waals surface area contributed by atoms with Crippen LogP contribution < -0.4 is 5.32 Å². The number of hydrogen-bond acceptors (Lipinski definition) is 3. The Morgan fingerprint density at radius 2 is 2.06 bits per heavy atom. The summed E-state index contributed by atoms with van der Waals surface area (Å²) in [6.07, 6.45) is 0. The second-order valence-electron chi connectivity index (χ2n) is 5.02. The number of esters is 1. The van der Waals surface area contributed by atoms with Crippen molar-refractivity contribution in [2.75, 3.05) is 5.32 Å². The maximum Gasteiger partial charge on any atom is 0.328 e. The van der Waals surface area contributed by atoms with Crippen LogP contribution in [-0.4, -0.2) is 17.6 Å². The van der Waals surface area contributed by atoms with Crippen LogP contribution in [0.2, 0.25) is 0 Å². The van der Waals surface area contributed by atoms with Gasteiger partial charge in [-0.05, 0) is 68.5 Å². The van der Waals surface area contributed by atoms with Gasteiger partial charge in [0.1, 0.15) is 11.6 Å². The summed E-state index contributed by atoms with van der Waals surface area (Å²) in [4.78, 5) is 11.9. The minimum absolute atomic E-state index is 0.252. The van der Waals surface area contributed by atoms with Crippen molar-refractivity contribution in [3.63, 3.8) is 0 Å². The van der Waals surface area contributed by atoms with Crippen molar-refractivity contribution >= 4 is 50.2 Å². The number of rotatable bonds is 3. The van der Waals surface area contributed by atoms with E-state index in [-0.39, 0.29) is 12.0 Å². The molecule has 0 fully saturated rings. The average Bonchev–Trinajstić information content (AvgIpc) is 2.21. The molecule has 0 amide bonds. The summed E-state index contributed by atoms with van der Waals surface area (Å²) in [5.41, 5.74) is 0.459. The minimum atomic E-state index is -0.461. The van der Waals surface area contributed by atoms with Crippen LogP contribution in [0.15, 0.2) is 22.7 Å². The maximum absolute atomic E-state index is 11.9. The quantitative estimate of drug-likeness (QED) is 0.582. The molecule has 0 heterocycles. The molecule has 1 unspecified atom stereocenters. The van der Waals surface area contributed by atoms with Crippen LogP contribution >= 0.6 is 38.5 Å². The molecule has 0 spiro atoms. The minimum Gasteiger partial charge on any atom is -0.458 e. The standard InChI is InChI=1S/C13H17BrINO2/c1-8(12(17)18-13(2,3)4)16-11-7-9(14)5-6-10(11)15/h5-8,16H,1-4H3. The number of ether oxygens (including phenoxy) is 1. The number of benzene rings is 1. The number of carbonyl (C=O) groups is 1. The van der Waals surface area contributed by atoms with Crippen molar-refractivity contribution in [3.05, 3.63) is 26.2 Å². The molecule has 0 radical (unpaired) electrons. The van der Waals surface area contributed by atoms with Gasteiger partial charge in [-0.25, -0.2) is 4.79 Å². The van der Waals surface area contributed by atoms with Gasteiger partial charge in [-0.2, -0.15) is 0 Å². The highest BCUT2D eigenvalue weighted by Gasteiger charge is 2.21. The maximum atomic E-state index is 11.9. The molecule has 0 bridgehead atoms. The average molecular weight is 426 g/mol. The largest absolute Gasteiger partial charge is 0.458 e. The molecular weight excluding hydrogens is 409 g/mol. The van der Waals surface area contributed by atoms with Gasteiger partial charge in [-0.3, -0.25) is 0 Å². The van der Waals surface area contributed by atoms with Crippen LogP contribution in [0.3, 0.4) is 0 Å². The SMILES string of the molecule is CC(Nc1cc(Br)ccc1I)C(=O)OC(C)(C)C. The van der Waals surface area contributed by atoms with Crippen LogP contribution in [0.5, 0.6) is 0 Å². The summed E-state index contributed by atoms with van der Waals surface area (Å²) in [5, 5.41) is 3.16. The normalized spacial score (nSPS) is 13.0. The van der Waals surface area contributed by atoms with Gasteiger partial charge >= 0.3 is 5.97 Å². The van der Waals surface area contributed by atoms with E-state index in [0.29, 0.717) is 0 Å². The first-order valence-corrected chi connectivity index (χ1v) is 7.50. The second-order valence-corrected chi connectivity index (χ2v) is 7.10. The fourth-order valence-electron chi connectivity index (χ4n) is 1.29.